The summed E-state index contributed by atoms with van der Waals surface area (Å²) in [4.78, 5) is 9.79. The highest BCUT2D eigenvalue weighted by Gasteiger charge is 2.24. The summed E-state index contributed by atoms with van der Waals surface area (Å²) in [5.74, 6) is -1.00. The number of hydrogen-bond acceptors (Lipinski definition) is 2. The molecule has 118 valence electrons. The first-order valence-electron chi connectivity index (χ1n) is 6.49. The molecule has 0 aromatic heterocycles. The molecule has 0 amide bonds. The minimum atomic E-state index is -1.00. The number of carbonyl (C=O) groups is 1. The van der Waals surface area contributed by atoms with E-state index in [9.17, 15) is 9.90 Å². The first-order chi connectivity index (χ1) is 9.60. The minimum Gasteiger partial charge on any atom is -0.481 e. The second-order valence-corrected chi connectivity index (χ2v) is 6.33. The molecule has 21 heavy (non-hydrogen) atoms. The maximum absolute atomic E-state index is 10.5. The summed E-state index contributed by atoms with van der Waals surface area (Å²) in [6, 6.07) is 0. The Hall–Kier alpha value is -1.03. The first-order valence-corrected chi connectivity index (χ1v) is 7.30. The van der Waals surface area contributed by atoms with Crippen LogP contribution in [-0.4, -0.2) is 32.5 Å². The van der Waals surface area contributed by atoms with Crippen molar-refractivity contribution in [1.29, 1.82) is 0 Å². The molecule has 0 saturated carbocycles. The van der Waals surface area contributed by atoms with Crippen LogP contribution in [0, 0.1) is 0 Å². The van der Waals surface area contributed by atoms with Gasteiger partial charge in [-0.25, -0.2) is 0 Å². The van der Waals surface area contributed by atoms with Gasteiger partial charge < -0.3 is 10.2 Å². The van der Waals surface area contributed by atoms with Crippen molar-refractivity contribution in [3.05, 3.63) is 48.6 Å². The van der Waals surface area contributed by atoms with Gasteiger partial charge in [-0.15, -0.1) is 29.8 Å². The molecule has 0 bridgehead atoms. The van der Waals surface area contributed by atoms with Crippen molar-refractivity contribution in [2.75, 3.05) is 0 Å². The fraction of sp³-hybridized carbons (Fsp3) is 0.438. The second-order valence-electron chi connectivity index (χ2n) is 5.04. The van der Waals surface area contributed by atoms with E-state index in [2.05, 4.69) is 13.2 Å². The van der Waals surface area contributed by atoms with E-state index in [1.807, 2.05) is 6.92 Å². The summed E-state index contributed by atoms with van der Waals surface area (Å²) < 4.78 is 0. The molecule has 0 aliphatic carbocycles. The third-order valence-corrected chi connectivity index (χ3v) is 4.08. The van der Waals surface area contributed by atoms with Gasteiger partial charge in [0.2, 0.25) is 0 Å². The van der Waals surface area contributed by atoms with Gasteiger partial charge in [-0.05, 0) is 25.8 Å². The SMILES string of the molecule is C=C[C@](C)(Cl)[C@H](Cl)/C=C/C(C)=C/C[C@@H](O)C(=C)CC(=O)O. The van der Waals surface area contributed by atoms with E-state index in [0.717, 1.165) is 5.57 Å². The fourth-order valence-corrected chi connectivity index (χ4v) is 1.62. The fourth-order valence-electron chi connectivity index (χ4n) is 1.38. The van der Waals surface area contributed by atoms with Crippen LogP contribution in [0.4, 0.5) is 0 Å². The molecule has 0 aromatic rings. The van der Waals surface area contributed by atoms with Gasteiger partial charge >= 0.3 is 5.97 Å². The van der Waals surface area contributed by atoms with Crippen molar-refractivity contribution in [3.8, 4) is 0 Å². The van der Waals surface area contributed by atoms with Gasteiger partial charge in [0.05, 0.1) is 22.8 Å². The second kappa shape index (κ2) is 9.08. The van der Waals surface area contributed by atoms with Crippen LogP contribution in [0.2, 0.25) is 0 Å². The van der Waals surface area contributed by atoms with Gasteiger partial charge in [-0.3, -0.25) is 4.79 Å². The number of hydrogen-bond donors (Lipinski definition) is 2. The van der Waals surface area contributed by atoms with Crippen molar-refractivity contribution in [2.24, 2.45) is 0 Å². The summed E-state index contributed by atoms with van der Waals surface area (Å²) in [5, 5.41) is 18.0. The summed E-state index contributed by atoms with van der Waals surface area (Å²) in [6.45, 7) is 10.8. The molecule has 0 radical (unpaired) electrons. The summed E-state index contributed by atoms with van der Waals surface area (Å²) in [6.07, 6.45) is 6.11. The molecule has 0 unspecified atom stereocenters. The van der Waals surface area contributed by atoms with E-state index in [4.69, 9.17) is 28.3 Å². The van der Waals surface area contributed by atoms with Crippen LogP contribution in [0.5, 0.6) is 0 Å². The minimum absolute atomic E-state index is 0.239. The standard InChI is InChI=1S/C16H22Cl2O3/c1-5-16(4,18)14(17)9-7-11(2)6-8-13(19)12(3)10-15(20)21/h5-7,9,13-14,19H,1,3,8,10H2,2,4H3,(H,20,21)/b9-7+,11-6+/t13-,14-,16+/m1/s1. The Morgan fingerprint density at radius 2 is 2.05 bits per heavy atom. The highest BCUT2D eigenvalue weighted by atomic mass is 35.5. The zero-order valence-corrected chi connectivity index (χ0v) is 13.9. The molecule has 0 aliphatic heterocycles. The van der Waals surface area contributed by atoms with Crippen molar-refractivity contribution in [3.63, 3.8) is 0 Å². The smallest absolute Gasteiger partial charge is 0.307 e. The zero-order valence-electron chi connectivity index (χ0n) is 12.4. The summed E-state index contributed by atoms with van der Waals surface area (Å²) in [7, 11) is 0. The molecule has 5 heteroatoms. The first kappa shape index (κ1) is 20.0. The van der Waals surface area contributed by atoms with E-state index in [1.165, 1.54) is 0 Å². The van der Waals surface area contributed by atoms with Crippen molar-refractivity contribution in [1.82, 2.24) is 0 Å². The Morgan fingerprint density at radius 3 is 2.52 bits per heavy atom. The molecule has 0 fully saturated rings. The van der Waals surface area contributed by atoms with Crippen LogP contribution in [0.15, 0.2) is 48.6 Å². The van der Waals surface area contributed by atoms with Crippen molar-refractivity contribution in [2.45, 2.75) is 43.0 Å². The largest absolute Gasteiger partial charge is 0.481 e. The maximum Gasteiger partial charge on any atom is 0.307 e. The molecule has 0 aromatic carbocycles. The van der Waals surface area contributed by atoms with Gasteiger partial charge in [0.25, 0.3) is 0 Å². The predicted octanol–water partition coefficient (Wildman–Crippen LogP) is 4.06. The topological polar surface area (TPSA) is 57.5 Å². The monoisotopic (exact) mass is 332 g/mol. The quantitative estimate of drug-likeness (QED) is 0.380. The number of carboxylic acids is 1. The molecule has 0 aliphatic rings. The van der Waals surface area contributed by atoms with E-state index in [1.54, 1.807) is 31.2 Å². The van der Waals surface area contributed by atoms with E-state index in [-0.39, 0.29) is 12.0 Å². The van der Waals surface area contributed by atoms with Crippen LogP contribution in [-0.2, 0) is 4.79 Å². The number of halogens is 2. The number of allylic oxidation sites excluding steroid dienone is 4. The van der Waals surface area contributed by atoms with E-state index in [0.29, 0.717) is 6.42 Å². The van der Waals surface area contributed by atoms with Crippen LogP contribution in [0.25, 0.3) is 0 Å². The molecular weight excluding hydrogens is 311 g/mol. The van der Waals surface area contributed by atoms with Gasteiger partial charge in [-0.1, -0.05) is 36.5 Å². The van der Waals surface area contributed by atoms with Crippen LogP contribution in [0.3, 0.4) is 0 Å². The highest BCUT2D eigenvalue weighted by molar-refractivity contribution is 6.34. The Morgan fingerprint density at radius 1 is 1.48 bits per heavy atom. The van der Waals surface area contributed by atoms with Gasteiger partial charge in [0.1, 0.15) is 0 Å². The normalized spacial score (nSPS) is 18.0. The molecular formula is C16H22Cl2O3. The molecule has 0 saturated heterocycles. The number of aliphatic hydroxyl groups excluding tert-OH is 1. The third-order valence-electron chi connectivity index (χ3n) is 2.98. The number of carboxylic acid groups (broad SMARTS) is 1. The summed E-state index contributed by atoms with van der Waals surface area (Å²) >= 11 is 12.3. The number of alkyl halides is 2. The van der Waals surface area contributed by atoms with Crippen LogP contribution >= 0.6 is 23.2 Å². The zero-order chi connectivity index (χ0) is 16.6. The van der Waals surface area contributed by atoms with Crippen LogP contribution < -0.4 is 0 Å². The van der Waals surface area contributed by atoms with E-state index < -0.39 is 22.3 Å². The lowest BCUT2D eigenvalue weighted by atomic mass is 10.0. The number of aliphatic hydroxyl groups is 1. The Kier molecular flexibility index (Phi) is 8.64. The highest BCUT2D eigenvalue weighted by Crippen LogP contribution is 2.26. The Bertz CT molecular complexity index is 450. The molecule has 0 heterocycles. The Labute approximate surface area is 136 Å². The van der Waals surface area contributed by atoms with Crippen molar-refractivity contribution >= 4 is 29.2 Å². The third kappa shape index (κ3) is 8.10. The summed E-state index contributed by atoms with van der Waals surface area (Å²) in [5.41, 5.74) is 1.17. The van der Waals surface area contributed by atoms with Gasteiger partial charge in [0.15, 0.2) is 0 Å². The molecule has 0 rings (SSSR count). The van der Waals surface area contributed by atoms with Crippen LogP contribution in [0.1, 0.15) is 26.7 Å². The average molecular weight is 333 g/mol. The van der Waals surface area contributed by atoms with Crippen molar-refractivity contribution < 1.29 is 15.0 Å². The maximum atomic E-state index is 10.5. The Balaban J connectivity index is 4.53. The average Bonchev–Trinajstić information content (AvgIpc) is 2.40. The van der Waals surface area contributed by atoms with Gasteiger partial charge in [0, 0.05) is 0 Å². The lowest BCUT2D eigenvalue weighted by Gasteiger charge is -2.20. The lowest BCUT2D eigenvalue weighted by molar-refractivity contribution is -0.136. The van der Waals surface area contributed by atoms with Gasteiger partial charge in [-0.2, -0.15) is 0 Å². The molecule has 3 nitrogen and oxygen atoms in total. The molecule has 2 N–H and O–H groups in total. The lowest BCUT2D eigenvalue weighted by Crippen LogP contribution is -2.24. The predicted molar refractivity (Wildman–Crippen MR) is 89.0 cm³/mol. The number of aliphatic carboxylic acids is 1. The molecule has 0 spiro atoms. The number of rotatable bonds is 9. The van der Waals surface area contributed by atoms with E-state index >= 15 is 0 Å². The molecule has 3 atom stereocenters.